The van der Waals surface area contributed by atoms with Gasteiger partial charge in [0.1, 0.15) is 5.75 Å². The van der Waals surface area contributed by atoms with Crippen molar-refractivity contribution in [3.8, 4) is 5.75 Å². The van der Waals surface area contributed by atoms with Crippen LogP contribution in [0.3, 0.4) is 0 Å². The van der Waals surface area contributed by atoms with Crippen LogP contribution < -0.4 is 20.7 Å². The topological polar surface area (TPSA) is 62.4 Å². The summed E-state index contributed by atoms with van der Waals surface area (Å²) >= 11 is 0. The molecule has 0 saturated carbocycles. The van der Waals surface area contributed by atoms with Crippen LogP contribution in [0.15, 0.2) is 18.2 Å². The van der Waals surface area contributed by atoms with E-state index in [1.807, 2.05) is 18.2 Å². The van der Waals surface area contributed by atoms with Crippen LogP contribution in [0.5, 0.6) is 5.75 Å². The molecule has 0 aliphatic carbocycles. The number of carbonyl (C=O) groups excluding carboxylic acids is 1. The van der Waals surface area contributed by atoms with E-state index < -0.39 is 0 Å². The van der Waals surface area contributed by atoms with Gasteiger partial charge in [0.2, 0.25) is 0 Å². The normalized spacial score (nSPS) is 26.2. The van der Waals surface area contributed by atoms with Crippen molar-refractivity contribution < 1.29 is 9.53 Å². The molecule has 1 saturated heterocycles. The lowest BCUT2D eigenvalue weighted by atomic mass is 9.94. The lowest BCUT2D eigenvalue weighted by Crippen LogP contribution is -2.46. The molecule has 0 bridgehead atoms. The molecule has 2 amide bonds. The second-order valence-corrected chi connectivity index (χ2v) is 4.70. The van der Waals surface area contributed by atoms with Crippen molar-refractivity contribution in [3.05, 3.63) is 23.8 Å². The first kappa shape index (κ1) is 11.3. The molecule has 3 rings (SSSR count). The number of urea groups is 1. The molecule has 0 radical (unpaired) electrons. The number of hydrogen-bond donors (Lipinski definition) is 3. The highest BCUT2D eigenvalue weighted by Gasteiger charge is 2.33. The fraction of sp³-hybridized carbons (Fsp3) is 0.462. The molecular formula is C13H17N3O2. The Morgan fingerprint density at radius 2 is 2.28 bits per heavy atom. The van der Waals surface area contributed by atoms with Crippen molar-refractivity contribution in [2.75, 3.05) is 19.0 Å². The summed E-state index contributed by atoms with van der Waals surface area (Å²) < 4.78 is 5.31. The molecule has 2 aliphatic heterocycles. The Hall–Kier alpha value is -1.75. The van der Waals surface area contributed by atoms with E-state index in [4.69, 9.17) is 4.74 Å². The number of ether oxygens (including phenoxy) is 1. The molecule has 2 heterocycles. The Bertz CT molecular complexity index is 469. The molecule has 18 heavy (non-hydrogen) atoms. The smallest absolute Gasteiger partial charge is 0.319 e. The van der Waals surface area contributed by atoms with Crippen LogP contribution in [0.1, 0.15) is 24.4 Å². The number of hydrogen-bond acceptors (Lipinski definition) is 3. The summed E-state index contributed by atoms with van der Waals surface area (Å²) in [6, 6.07) is 6.02. The Kier molecular flexibility index (Phi) is 2.83. The molecule has 2 unspecified atom stereocenters. The standard InChI is InChI=1S/C13H17N3O2/c1-18-10-6-2-4-8-11(9-5-3-7-14-9)15-13(17)16-12(8)10/h2,4,6,9,11,14H,3,5,7H2,1H3,(H2,15,16,17). The van der Waals surface area contributed by atoms with Gasteiger partial charge < -0.3 is 20.7 Å². The van der Waals surface area contributed by atoms with Gasteiger partial charge in [-0.15, -0.1) is 0 Å². The lowest BCUT2D eigenvalue weighted by molar-refractivity contribution is 0.243. The second-order valence-electron chi connectivity index (χ2n) is 4.70. The van der Waals surface area contributed by atoms with E-state index in [-0.39, 0.29) is 12.1 Å². The molecular weight excluding hydrogens is 230 g/mol. The van der Waals surface area contributed by atoms with E-state index in [1.165, 1.54) is 0 Å². The van der Waals surface area contributed by atoms with Crippen molar-refractivity contribution in [1.82, 2.24) is 10.6 Å². The molecule has 2 aliphatic rings. The van der Waals surface area contributed by atoms with Gasteiger partial charge in [0, 0.05) is 11.6 Å². The average molecular weight is 247 g/mol. The van der Waals surface area contributed by atoms with Gasteiger partial charge in [0.15, 0.2) is 0 Å². The maximum Gasteiger partial charge on any atom is 0.319 e. The summed E-state index contributed by atoms with van der Waals surface area (Å²) in [5.74, 6) is 0.713. The fourth-order valence-electron chi connectivity index (χ4n) is 2.79. The van der Waals surface area contributed by atoms with E-state index in [0.29, 0.717) is 11.8 Å². The molecule has 1 fully saturated rings. The highest BCUT2D eigenvalue weighted by atomic mass is 16.5. The Morgan fingerprint density at radius 1 is 1.39 bits per heavy atom. The monoisotopic (exact) mass is 247 g/mol. The van der Waals surface area contributed by atoms with Crippen LogP contribution in [-0.4, -0.2) is 25.7 Å². The van der Waals surface area contributed by atoms with Crippen LogP contribution in [-0.2, 0) is 0 Å². The maximum absolute atomic E-state index is 11.8. The quantitative estimate of drug-likeness (QED) is 0.744. The van der Waals surface area contributed by atoms with Crippen molar-refractivity contribution >= 4 is 11.7 Å². The van der Waals surface area contributed by atoms with E-state index in [2.05, 4.69) is 16.0 Å². The number of nitrogens with one attached hydrogen (secondary N) is 3. The average Bonchev–Trinajstić information content (AvgIpc) is 2.90. The summed E-state index contributed by atoms with van der Waals surface area (Å²) in [6.45, 7) is 1.02. The minimum atomic E-state index is -0.161. The molecule has 1 aromatic rings. The van der Waals surface area contributed by atoms with Crippen LogP contribution in [0.25, 0.3) is 0 Å². The predicted molar refractivity (Wildman–Crippen MR) is 68.9 cm³/mol. The number of anilines is 1. The highest BCUT2D eigenvalue weighted by Crippen LogP contribution is 2.37. The number of amides is 2. The molecule has 3 N–H and O–H groups in total. The lowest BCUT2D eigenvalue weighted by Gasteiger charge is -2.32. The summed E-state index contributed by atoms with van der Waals surface area (Å²) in [5.41, 5.74) is 1.89. The van der Waals surface area contributed by atoms with Crippen LogP contribution in [0, 0.1) is 0 Å². The van der Waals surface area contributed by atoms with Gasteiger partial charge in [0.05, 0.1) is 18.8 Å². The van der Waals surface area contributed by atoms with Crippen molar-refractivity contribution in [2.24, 2.45) is 0 Å². The third kappa shape index (κ3) is 1.80. The molecule has 5 nitrogen and oxygen atoms in total. The minimum Gasteiger partial charge on any atom is -0.495 e. The van der Waals surface area contributed by atoms with Gasteiger partial charge >= 0.3 is 6.03 Å². The van der Waals surface area contributed by atoms with Crippen LogP contribution in [0.4, 0.5) is 10.5 Å². The first-order valence-electron chi connectivity index (χ1n) is 6.27. The van der Waals surface area contributed by atoms with E-state index in [0.717, 1.165) is 30.6 Å². The van der Waals surface area contributed by atoms with Crippen molar-refractivity contribution in [3.63, 3.8) is 0 Å². The Balaban J connectivity index is 2.01. The zero-order valence-corrected chi connectivity index (χ0v) is 10.3. The van der Waals surface area contributed by atoms with Gasteiger partial charge in [-0.2, -0.15) is 0 Å². The Morgan fingerprint density at radius 3 is 3.00 bits per heavy atom. The van der Waals surface area contributed by atoms with Crippen LogP contribution >= 0.6 is 0 Å². The van der Waals surface area contributed by atoms with Crippen LogP contribution in [0.2, 0.25) is 0 Å². The number of benzene rings is 1. The number of fused-ring (bicyclic) bond motifs is 1. The summed E-state index contributed by atoms with van der Waals surface area (Å²) in [4.78, 5) is 11.8. The highest BCUT2D eigenvalue weighted by molar-refractivity contribution is 5.95. The SMILES string of the molecule is COc1cccc2c1NC(=O)NC2C1CCCN1. The fourth-order valence-corrected chi connectivity index (χ4v) is 2.79. The van der Waals surface area contributed by atoms with E-state index in [9.17, 15) is 4.79 Å². The van der Waals surface area contributed by atoms with Gasteiger partial charge in [0.25, 0.3) is 0 Å². The van der Waals surface area contributed by atoms with Crippen molar-refractivity contribution in [1.29, 1.82) is 0 Å². The number of methoxy groups -OCH3 is 1. The van der Waals surface area contributed by atoms with Gasteiger partial charge in [-0.25, -0.2) is 4.79 Å². The van der Waals surface area contributed by atoms with E-state index >= 15 is 0 Å². The molecule has 96 valence electrons. The maximum atomic E-state index is 11.8. The Labute approximate surface area is 106 Å². The molecule has 2 atom stereocenters. The second kappa shape index (κ2) is 4.49. The van der Waals surface area contributed by atoms with Gasteiger partial charge in [-0.1, -0.05) is 12.1 Å². The summed E-state index contributed by atoms with van der Waals surface area (Å²) in [6.07, 6.45) is 2.24. The van der Waals surface area contributed by atoms with Gasteiger partial charge in [-0.3, -0.25) is 0 Å². The molecule has 1 aromatic carbocycles. The largest absolute Gasteiger partial charge is 0.495 e. The third-order valence-electron chi connectivity index (χ3n) is 3.64. The minimum absolute atomic E-state index is 0.0198. The molecule has 0 spiro atoms. The van der Waals surface area contributed by atoms with E-state index in [1.54, 1.807) is 7.11 Å². The number of rotatable bonds is 2. The predicted octanol–water partition coefficient (Wildman–Crippen LogP) is 1.62. The number of para-hydroxylation sites is 1. The molecule has 5 heteroatoms. The summed E-state index contributed by atoms with van der Waals surface area (Å²) in [7, 11) is 1.62. The molecule has 0 aromatic heterocycles. The number of carbonyl (C=O) groups is 1. The zero-order valence-electron chi connectivity index (χ0n) is 10.3. The first-order chi connectivity index (χ1) is 8.79. The summed E-state index contributed by atoms with van der Waals surface area (Å²) in [5, 5.41) is 9.27. The zero-order chi connectivity index (χ0) is 12.5. The van der Waals surface area contributed by atoms with Gasteiger partial charge in [-0.05, 0) is 25.5 Å². The first-order valence-corrected chi connectivity index (χ1v) is 6.27. The third-order valence-corrected chi connectivity index (χ3v) is 3.64. The van der Waals surface area contributed by atoms with Crippen molar-refractivity contribution in [2.45, 2.75) is 24.9 Å².